The Morgan fingerprint density at radius 2 is 2.17 bits per heavy atom. The van der Waals surface area contributed by atoms with Crippen LogP contribution in [0.5, 0.6) is 0 Å². The summed E-state index contributed by atoms with van der Waals surface area (Å²) < 4.78 is 0. The third-order valence-electron chi connectivity index (χ3n) is 3.59. The molecule has 1 aromatic rings. The molecule has 2 unspecified atom stereocenters. The first-order valence-electron chi connectivity index (χ1n) is 6.02. The number of anilines is 1. The molecular weight excluding hydrogens is 230 g/mol. The molecule has 1 fully saturated rings. The van der Waals surface area contributed by atoms with E-state index < -0.39 is 5.66 Å². The minimum atomic E-state index is -1.03. The number of carbonyl (C=O) groups excluding carboxylic acids is 2. The fourth-order valence-electron chi connectivity index (χ4n) is 2.91. The Morgan fingerprint density at radius 1 is 1.44 bits per heavy atom. The molecule has 1 saturated heterocycles. The molecule has 2 amide bonds. The van der Waals surface area contributed by atoms with Crippen LogP contribution < -0.4 is 10.6 Å². The van der Waals surface area contributed by atoms with Gasteiger partial charge in [-0.15, -0.1) is 0 Å². The van der Waals surface area contributed by atoms with Crippen LogP contribution in [0, 0.1) is 0 Å². The topological polar surface area (TPSA) is 61.4 Å². The van der Waals surface area contributed by atoms with Crippen molar-refractivity contribution in [3.05, 3.63) is 29.8 Å². The van der Waals surface area contributed by atoms with Gasteiger partial charge in [-0.1, -0.05) is 18.2 Å². The summed E-state index contributed by atoms with van der Waals surface area (Å²) in [5, 5.41) is 6.10. The first-order chi connectivity index (χ1) is 8.55. The van der Waals surface area contributed by atoms with E-state index in [0.717, 1.165) is 11.3 Å². The van der Waals surface area contributed by atoms with E-state index in [1.807, 2.05) is 31.2 Å². The fourth-order valence-corrected chi connectivity index (χ4v) is 2.91. The lowest BCUT2D eigenvalue weighted by molar-refractivity contribution is -0.142. The molecule has 1 aromatic carbocycles. The van der Waals surface area contributed by atoms with Gasteiger partial charge in [0.15, 0.2) is 0 Å². The summed E-state index contributed by atoms with van der Waals surface area (Å²) >= 11 is 0. The molecule has 0 saturated carbocycles. The maximum atomic E-state index is 12.3. The van der Waals surface area contributed by atoms with Crippen molar-refractivity contribution < 1.29 is 9.59 Å². The standard InChI is InChI=1S/C13H15N3O2/c1-8-7-16(9(2)17)13(15-8)10-5-3-4-6-11(10)14-12(13)18/h3-6,8,15H,7H2,1-2H3,(H,14,18). The summed E-state index contributed by atoms with van der Waals surface area (Å²) in [6.45, 7) is 4.01. The minimum absolute atomic E-state index is 0.0887. The lowest BCUT2D eigenvalue weighted by atomic mass is 10.00. The van der Waals surface area contributed by atoms with Crippen molar-refractivity contribution in [2.75, 3.05) is 11.9 Å². The molecule has 2 N–H and O–H groups in total. The van der Waals surface area contributed by atoms with E-state index in [1.165, 1.54) is 6.92 Å². The van der Waals surface area contributed by atoms with E-state index in [-0.39, 0.29) is 17.9 Å². The number of fused-ring (bicyclic) bond motifs is 2. The van der Waals surface area contributed by atoms with Crippen molar-refractivity contribution in [3.8, 4) is 0 Å². The zero-order chi connectivity index (χ0) is 12.9. The summed E-state index contributed by atoms with van der Waals surface area (Å²) in [7, 11) is 0. The van der Waals surface area contributed by atoms with E-state index >= 15 is 0 Å². The Bertz CT molecular complexity index is 543. The maximum Gasteiger partial charge on any atom is 0.270 e. The highest BCUT2D eigenvalue weighted by atomic mass is 16.2. The summed E-state index contributed by atoms with van der Waals surface area (Å²) in [5.74, 6) is -0.276. The minimum Gasteiger partial charge on any atom is -0.322 e. The number of hydrogen-bond donors (Lipinski definition) is 2. The molecule has 5 nitrogen and oxygen atoms in total. The number of nitrogens with zero attached hydrogens (tertiary/aromatic N) is 1. The van der Waals surface area contributed by atoms with Gasteiger partial charge in [0.2, 0.25) is 11.6 Å². The third kappa shape index (κ3) is 1.25. The van der Waals surface area contributed by atoms with E-state index in [4.69, 9.17) is 0 Å². The molecule has 0 bridgehead atoms. The van der Waals surface area contributed by atoms with E-state index in [9.17, 15) is 9.59 Å². The Kier molecular flexibility index (Phi) is 2.22. The van der Waals surface area contributed by atoms with Crippen LogP contribution in [-0.4, -0.2) is 29.3 Å². The van der Waals surface area contributed by atoms with E-state index in [2.05, 4.69) is 10.6 Å². The number of nitrogens with one attached hydrogen (secondary N) is 2. The average Bonchev–Trinajstić information content (AvgIpc) is 2.81. The number of amides is 2. The van der Waals surface area contributed by atoms with Gasteiger partial charge in [-0.3, -0.25) is 14.9 Å². The number of hydrogen-bond acceptors (Lipinski definition) is 3. The quantitative estimate of drug-likeness (QED) is 0.705. The zero-order valence-electron chi connectivity index (χ0n) is 10.4. The summed E-state index contributed by atoms with van der Waals surface area (Å²) in [4.78, 5) is 25.8. The van der Waals surface area contributed by atoms with Crippen molar-refractivity contribution in [1.82, 2.24) is 10.2 Å². The molecular formula is C13H15N3O2. The lowest BCUT2D eigenvalue weighted by Gasteiger charge is -2.32. The summed E-state index contributed by atoms with van der Waals surface area (Å²) in [6.07, 6.45) is 0. The van der Waals surface area contributed by atoms with Crippen molar-refractivity contribution >= 4 is 17.5 Å². The molecule has 5 heteroatoms. The number of benzene rings is 1. The van der Waals surface area contributed by atoms with Crippen LogP contribution in [0.15, 0.2) is 24.3 Å². The van der Waals surface area contributed by atoms with Crippen LogP contribution in [-0.2, 0) is 15.3 Å². The Balaban J connectivity index is 2.19. The van der Waals surface area contributed by atoms with Gasteiger partial charge in [0, 0.05) is 30.8 Å². The largest absolute Gasteiger partial charge is 0.322 e. The Morgan fingerprint density at radius 3 is 2.89 bits per heavy atom. The molecule has 3 rings (SSSR count). The van der Waals surface area contributed by atoms with Gasteiger partial charge in [0.25, 0.3) is 5.91 Å². The van der Waals surface area contributed by atoms with Crippen LogP contribution in [0.3, 0.4) is 0 Å². The second kappa shape index (κ2) is 3.55. The molecule has 2 atom stereocenters. The van der Waals surface area contributed by atoms with Gasteiger partial charge in [-0.2, -0.15) is 0 Å². The summed E-state index contributed by atoms with van der Waals surface area (Å²) in [5.41, 5.74) is 0.576. The average molecular weight is 245 g/mol. The van der Waals surface area contributed by atoms with Gasteiger partial charge in [-0.25, -0.2) is 0 Å². The molecule has 18 heavy (non-hydrogen) atoms. The van der Waals surface area contributed by atoms with Gasteiger partial charge in [0.1, 0.15) is 0 Å². The van der Waals surface area contributed by atoms with Crippen molar-refractivity contribution in [2.24, 2.45) is 0 Å². The lowest BCUT2D eigenvalue weighted by Crippen LogP contribution is -2.55. The van der Waals surface area contributed by atoms with E-state index in [1.54, 1.807) is 4.90 Å². The third-order valence-corrected chi connectivity index (χ3v) is 3.59. The Hall–Kier alpha value is -1.88. The van der Waals surface area contributed by atoms with Gasteiger partial charge in [0.05, 0.1) is 0 Å². The van der Waals surface area contributed by atoms with Crippen LogP contribution in [0.25, 0.3) is 0 Å². The van der Waals surface area contributed by atoms with Crippen molar-refractivity contribution in [1.29, 1.82) is 0 Å². The maximum absolute atomic E-state index is 12.3. The van der Waals surface area contributed by atoms with Crippen LogP contribution in [0.2, 0.25) is 0 Å². The SMILES string of the molecule is CC(=O)N1CC(C)NC12C(=O)Nc1ccccc12. The van der Waals surface area contributed by atoms with Gasteiger partial charge >= 0.3 is 0 Å². The number of para-hydroxylation sites is 1. The highest BCUT2D eigenvalue weighted by Gasteiger charge is 2.56. The molecule has 94 valence electrons. The van der Waals surface area contributed by atoms with Crippen molar-refractivity contribution in [3.63, 3.8) is 0 Å². The van der Waals surface area contributed by atoms with E-state index in [0.29, 0.717) is 6.54 Å². The molecule has 2 aliphatic heterocycles. The second-order valence-electron chi connectivity index (χ2n) is 4.89. The summed E-state index contributed by atoms with van der Waals surface area (Å²) in [6, 6.07) is 7.57. The zero-order valence-corrected chi connectivity index (χ0v) is 10.4. The smallest absolute Gasteiger partial charge is 0.270 e. The molecule has 2 heterocycles. The molecule has 1 spiro atoms. The highest BCUT2D eigenvalue weighted by molar-refractivity contribution is 6.07. The van der Waals surface area contributed by atoms with Crippen LogP contribution in [0.1, 0.15) is 19.4 Å². The predicted molar refractivity (Wildman–Crippen MR) is 66.7 cm³/mol. The first-order valence-corrected chi connectivity index (χ1v) is 6.02. The first kappa shape index (κ1) is 11.2. The second-order valence-corrected chi connectivity index (χ2v) is 4.89. The Labute approximate surface area is 105 Å². The normalized spacial score (nSPS) is 29.6. The van der Waals surface area contributed by atoms with Crippen LogP contribution >= 0.6 is 0 Å². The van der Waals surface area contributed by atoms with Gasteiger partial charge < -0.3 is 10.2 Å². The van der Waals surface area contributed by atoms with Crippen molar-refractivity contribution in [2.45, 2.75) is 25.6 Å². The molecule has 0 aromatic heterocycles. The molecule has 0 radical (unpaired) electrons. The molecule has 0 aliphatic carbocycles. The number of rotatable bonds is 0. The van der Waals surface area contributed by atoms with Gasteiger partial charge in [-0.05, 0) is 13.0 Å². The predicted octanol–water partition coefficient (Wildman–Crippen LogP) is 0.632. The van der Waals surface area contributed by atoms with Crippen LogP contribution in [0.4, 0.5) is 5.69 Å². The highest BCUT2D eigenvalue weighted by Crippen LogP contribution is 2.41. The molecule has 2 aliphatic rings. The monoisotopic (exact) mass is 245 g/mol. The number of carbonyl (C=O) groups is 2. The fraction of sp³-hybridized carbons (Fsp3) is 0.385.